The summed E-state index contributed by atoms with van der Waals surface area (Å²) in [4.78, 5) is 1.50. The van der Waals surface area contributed by atoms with Gasteiger partial charge in [0.1, 0.15) is 0 Å². The third-order valence-electron chi connectivity index (χ3n) is 3.95. The third-order valence-corrected chi connectivity index (χ3v) is 5.67. The van der Waals surface area contributed by atoms with E-state index in [0.717, 1.165) is 18.4 Å². The van der Waals surface area contributed by atoms with Gasteiger partial charge in [-0.05, 0) is 53.2 Å². The summed E-state index contributed by atoms with van der Waals surface area (Å²) >= 11 is 5.42. The molecule has 96 valence electrons. The van der Waals surface area contributed by atoms with Crippen LogP contribution in [-0.2, 0) is 6.42 Å². The van der Waals surface area contributed by atoms with E-state index in [1.807, 2.05) is 11.3 Å². The maximum Gasteiger partial charge on any atom is 0.0285 e. The van der Waals surface area contributed by atoms with E-state index in [2.05, 4.69) is 46.5 Å². The van der Waals surface area contributed by atoms with E-state index in [4.69, 9.17) is 0 Å². The van der Waals surface area contributed by atoms with Gasteiger partial charge in [-0.25, -0.2) is 0 Å². The molecule has 3 unspecified atom stereocenters. The lowest BCUT2D eigenvalue weighted by molar-refractivity contribution is 0.300. The minimum Gasteiger partial charge on any atom is -0.314 e. The zero-order valence-corrected chi connectivity index (χ0v) is 13.1. The van der Waals surface area contributed by atoms with Gasteiger partial charge in [0.25, 0.3) is 0 Å². The Balaban J connectivity index is 2.01. The van der Waals surface area contributed by atoms with Crippen molar-refractivity contribution in [3.63, 3.8) is 0 Å². The van der Waals surface area contributed by atoms with Gasteiger partial charge in [-0.1, -0.05) is 26.7 Å². The first-order chi connectivity index (χ1) is 8.20. The summed E-state index contributed by atoms with van der Waals surface area (Å²) in [6.45, 7) is 5.73. The molecular weight excluding hydrogens is 294 g/mol. The fourth-order valence-corrected chi connectivity index (χ4v) is 4.60. The van der Waals surface area contributed by atoms with Crippen LogP contribution in [0.5, 0.6) is 0 Å². The zero-order chi connectivity index (χ0) is 12.3. The number of rotatable bonds is 5. The van der Waals surface area contributed by atoms with Crippen molar-refractivity contribution < 1.29 is 0 Å². The van der Waals surface area contributed by atoms with E-state index in [9.17, 15) is 0 Å². The molecule has 0 aliphatic heterocycles. The molecule has 1 aromatic heterocycles. The second-order valence-corrected chi connectivity index (χ2v) is 7.08. The van der Waals surface area contributed by atoms with Crippen molar-refractivity contribution in [1.29, 1.82) is 0 Å². The first kappa shape index (κ1) is 13.6. The van der Waals surface area contributed by atoms with Gasteiger partial charge in [0.15, 0.2) is 0 Å². The van der Waals surface area contributed by atoms with Gasteiger partial charge in [-0.15, -0.1) is 11.3 Å². The van der Waals surface area contributed by atoms with Crippen molar-refractivity contribution in [3.8, 4) is 0 Å². The van der Waals surface area contributed by atoms with Crippen LogP contribution in [0.3, 0.4) is 0 Å². The summed E-state index contributed by atoms with van der Waals surface area (Å²) in [5, 5.41) is 5.89. The van der Waals surface area contributed by atoms with Crippen LogP contribution in [0.1, 0.15) is 38.0 Å². The van der Waals surface area contributed by atoms with Gasteiger partial charge in [0, 0.05) is 20.8 Å². The van der Waals surface area contributed by atoms with Gasteiger partial charge in [0.05, 0.1) is 0 Å². The van der Waals surface area contributed by atoms with Gasteiger partial charge in [-0.2, -0.15) is 0 Å². The molecule has 1 N–H and O–H groups in total. The van der Waals surface area contributed by atoms with Crippen LogP contribution in [-0.4, -0.2) is 12.6 Å². The maximum atomic E-state index is 3.70. The first-order valence-corrected chi connectivity index (χ1v) is 8.34. The summed E-state index contributed by atoms with van der Waals surface area (Å²) in [6.07, 6.45) is 5.44. The molecule has 2 rings (SSSR count). The smallest absolute Gasteiger partial charge is 0.0285 e. The quantitative estimate of drug-likeness (QED) is 0.845. The molecule has 3 atom stereocenters. The topological polar surface area (TPSA) is 12.0 Å². The van der Waals surface area contributed by atoms with Crippen molar-refractivity contribution in [1.82, 2.24) is 5.32 Å². The number of nitrogens with one attached hydrogen (secondary N) is 1. The molecule has 1 heterocycles. The minimum atomic E-state index is 0.669. The minimum absolute atomic E-state index is 0.669. The molecule has 1 aliphatic rings. The Morgan fingerprint density at radius 2 is 2.35 bits per heavy atom. The average molecular weight is 316 g/mol. The molecule has 0 spiro atoms. The average Bonchev–Trinajstić information content (AvgIpc) is 2.87. The van der Waals surface area contributed by atoms with Gasteiger partial charge < -0.3 is 5.32 Å². The molecule has 0 amide bonds. The van der Waals surface area contributed by atoms with E-state index >= 15 is 0 Å². The van der Waals surface area contributed by atoms with E-state index in [0.29, 0.717) is 6.04 Å². The summed E-state index contributed by atoms with van der Waals surface area (Å²) in [5.74, 6) is 1.76. The summed E-state index contributed by atoms with van der Waals surface area (Å²) in [5.41, 5.74) is 0. The highest BCUT2D eigenvalue weighted by atomic mass is 79.9. The second-order valence-electron chi connectivity index (χ2n) is 5.17. The van der Waals surface area contributed by atoms with Gasteiger partial charge in [-0.3, -0.25) is 0 Å². The Morgan fingerprint density at radius 1 is 1.53 bits per heavy atom. The van der Waals surface area contributed by atoms with Crippen LogP contribution in [0.15, 0.2) is 15.9 Å². The number of thiophene rings is 1. The van der Waals surface area contributed by atoms with E-state index < -0.39 is 0 Å². The molecule has 17 heavy (non-hydrogen) atoms. The normalized spacial score (nSPS) is 26.3. The number of halogens is 1. The number of likely N-dealkylation sites (N-methyl/N-ethyl adjacent to an activating group) is 1. The molecule has 1 aromatic rings. The predicted octanol–water partition coefficient (Wildman–Crippen LogP) is 4.47. The molecular formula is C14H22BrNS. The largest absolute Gasteiger partial charge is 0.314 e. The Kier molecular flexibility index (Phi) is 5.07. The predicted molar refractivity (Wildman–Crippen MR) is 79.7 cm³/mol. The zero-order valence-electron chi connectivity index (χ0n) is 10.7. The Bertz CT molecular complexity index is 350. The second kappa shape index (κ2) is 6.35. The summed E-state index contributed by atoms with van der Waals surface area (Å²) in [6, 6.07) is 2.94. The summed E-state index contributed by atoms with van der Waals surface area (Å²) in [7, 11) is 0. The molecule has 1 fully saturated rings. The lowest BCUT2D eigenvalue weighted by atomic mass is 9.88. The van der Waals surface area contributed by atoms with Crippen molar-refractivity contribution in [2.24, 2.45) is 11.8 Å². The number of hydrogen-bond donors (Lipinski definition) is 1. The van der Waals surface area contributed by atoms with Crippen LogP contribution in [0.2, 0.25) is 0 Å². The van der Waals surface area contributed by atoms with E-state index in [1.54, 1.807) is 0 Å². The monoisotopic (exact) mass is 315 g/mol. The molecule has 0 radical (unpaired) electrons. The van der Waals surface area contributed by atoms with Crippen molar-refractivity contribution in [2.75, 3.05) is 6.54 Å². The molecule has 0 bridgehead atoms. The number of hydrogen-bond acceptors (Lipinski definition) is 2. The Hall–Kier alpha value is 0.140. The van der Waals surface area contributed by atoms with Crippen molar-refractivity contribution >= 4 is 27.3 Å². The Labute approximate surface area is 117 Å². The lowest BCUT2D eigenvalue weighted by Crippen LogP contribution is -2.38. The first-order valence-electron chi connectivity index (χ1n) is 6.67. The standard InChI is InChI=1S/C14H22BrNS/c1-3-16-14(13-6-4-5-10(13)2)8-12-7-11(15)9-17-12/h7,9-10,13-14,16H,3-6,8H2,1-2H3. The van der Waals surface area contributed by atoms with Crippen molar-refractivity contribution in [3.05, 3.63) is 20.8 Å². The van der Waals surface area contributed by atoms with Gasteiger partial charge >= 0.3 is 0 Å². The SMILES string of the molecule is CCNC(Cc1cc(Br)cs1)C1CCCC1C. The van der Waals surface area contributed by atoms with Crippen LogP contribution >= 0.6 is 27.3 Å². The molecule has 1 aliphatic carbocycles. The highest BCUT2D eigenvalue weighted by Gasteiger charge is 2.30. The highest BCUT2D eigenvalue weighted by molar-refractivity contribution is 9.10. The van der Waals surface area contributed by atoms with E-state index in [1.165, 1.54) is 35.0 Å². The fourth-order valence-electron chi connectivity index (χ4n) is 3.09. The molecule has 0 aromatic carbocycles. The van der Waals surface area contributed by atoms with Crippen LogP contribution in [0.25, 0.3) is 0 Å². The Morgan fingerprint density at radius 3 is 2.88 bits per heavy atom. The molecule has 1 saturated carbocycles. The molecule has 0 saturated heterocycles. The van der Waals surface area contributed by atoms with Crippen LogP contribution in [0, 0.1) is 11.8 Å². The maximum absolute atomic E-state index is 3.70. The fraction of sp³-hybridized carbons (Fsp3) is 0.714. The third kappa shape index (κ3) is 3.55. The summed E-state index contributed by atoms with van der Waals surface area (Å²) < 4.78 is 1.23. The molecule has 1 nitrogen and oxygen atoms in total. The highest BCUT2D eigenvalue weighted by Crippen LogP contribution is 2.35. The molecule has 3 heteroatoms. The van der Waals surface area contributed by atoms with Crippen LogP contribution < -0.4 is 5.32 Å². The lowest BCUT2D eigenvalue weighted by Gasteiger charge is -2.27. The van der Waals surface area contributed by atoms with Crippen molar-refractivity contribution in [2.45, 2.75) is 45.6 Å². The van der Waals surface area contributed by atoms with Gasteiger partial charge in [0.2, 0.25) is 0 Å². The van der Waals surface area contributed by atoms with E-state index in [-0.39, 0.29) is 0 Å². The van der Waals surface area contributed by atoms with Crippen LogP contribution in [0.4, 0.5) is 0 Å².